The van der Waals surface area contributed by atoms with E-state index < -0.39 is 0 Å². The van der Waals surface area contributed by atoms with Gasteiger partial charge in [0.25, 0.3) is 5.91 Å². The zero-order valence-corrected chi connectivity index (χ0v) is 14.9. The molecule has 2 aliphatic heterocycles. The Bertz CT molecular complexity index is 759. The van der Waals surface area contributed by atoms with E-state index in [1.54, 1.807) is 6.20 Å². The predicted molar refractivity (Wildman–Crippen MR) is 99.5 cm³/mol. The summed E-state index contributed by atoms with van der Waals surface area (Å²) in [6.07, 6.45) is 8.12. The van der Waals surface area contributed by atoms with Gasteiger partial charge in [-0.25, -0.2) is 0 Å². The van der Waals surface area contributed by atoms with Crippen molar-refractivity contribution in [1.82, 2.24) is 15.2 Å². The van der Waals surface area contributed by atoms with Crippen molar-refractivity contribution in [3.63, 3.8) is 0 Å². The van der Waals surface area contributed by atoms with Crippen LogP contribution in [0.5, 0.6) is 0 Å². The smallest absolute Gasteiger partial charge is 0.255 e. The highest BCUT2D eigenvalue weighted by Crippen LogP contribution is 2.30. The Morgan fingerprint density at radius 2 is 1.76 bits per heavy atom. The molecule has 0 saturated carbocycles. The lowest BCUT2D eigenvalue weighted by molar-refractivity contribution is 0.0681. The number of hydrogen-bond donors (Lipinski definition) is 1. The minimum Gasteiger partial charge on any atom is -0.339 e. The molecule has 2 aromatic rings. The SMILES string of the molecule is Cc1ccc(-c2cncc(C(=O)N(C)C3CC4CCC(C3)N4)c2)cc1. The Kier molecular flexibility index (Phi) is 4.30. The molecule has 130 valence electrons. The summed E-state index contributed by atoms with van der Waals surface area (Å²) in [5.74, 6) is 0.0766. The van der Waals surface area contributed by atoms with Crippen LogP contribution in [-0.2, 0) is 0 Å². The number of nitrogens with one attached hydrogen (secondary N) is 1. The van der Waals surface area contributed by atoms with Gasteiger partial charge in [-0.15, -0.1) is 0 Å². The Labute approximate surface area is 149 Å². The normalized spacial score (nSPS) is 25.0. The molecule has 2 fully saturated rings. The highest BCUT2D eigenvalue weighted by molar-refractivity contribution is 5.95. The summed E-state index contributed by atoms with van der Waals surface area (Å²) < 4.78 is 0. The molecule has 25 heavy (non-hydrogen) atoms. The maximum absolute atomic E-state index is 13.0. The van der Waals surface area contributed by atoms with Crippen molar-refractivity contribution >= 4 is 5.91 Å². The van der Waals surface area contributed by atoms with Gasteiger partial charge in [-0.2, -0.15) is 0 Å². The van der Waals surface area contributed by atoms with Crippen LogP contribution in [0, 0.1) is 6.92 Å². The summed E-state index contributed by atoms with van der Waals surface area (Å²) in [7, 11) is 1.94. The highest BCUT2D eigenvalue weighted by atomic mass is 16.2. The molecule has 0 radical (unpaired) electrons. The second-order valence-corrected chi connectivity index (χ2v) is 7.51. The Balaban J connectivity index is 1.53. The van der Waals surface area contributed by atoms with Crippen molar-refractivity contribution in [2.75, 3.05) is 7.05 Å². The fourth-order valence-corrected chi connectivity index (χ4v) is 4.17. The van der Waals surface area contributed by atoms with E-state index in [0.29, 0.717) is 23.7 Å². The van der Waals surface area contributed by atoms with Gasteiger partial charge in [0.1, 0.15) is 0 Å². The van der Waals surface area contributed by atoms with E-state index in [4.69, 9.17) is 0 Å². The zero-order chi connectivity index (χ0) is 17.4. The van der Waals surface area contributed by atoms with Gasteiger partial charge in [0.05, 0.1) is 5.56 Å². The van der Waals surface area contributed by atoms with Gasteiger partial charge in [0, 0.05) is 43.1 Å². The first kappa shape index (κ1) is 16.3. The second kappa shape index (κ2) is 6.60. The highest BCUT2D eigenvalue weighted by Gasteiger charge is 2.36. The lowest BCUT2D eigenvalue weighted by atomic mass is 9.97. The topological polar surface area (TPSA) is 45.2 Å². The third kappa shape index (κ3) is 3.31. The minimum absolute atomic E-state index is 0.0766. The third-order valence-corrected chi connectivity index (χ3v) is 5.69. The lowest BCUT2D eigenvalue weighted by Gasteiger charge is -2.35. The van der Waals surface area contributed by atoms with Crippen LogP contribution in [0.2, 0.25) is 0 Å². The van der Waals surface area contributed by atoms with E-state index >= 15 is 0 Å². The van der Waals surface area contributed by atoms with Gasteiger partial charge in [-0.1, -0.05) is 29.8 Å². The molecule has 1 aromatic carbocycles. The van der Waals surface area contributed by atoms with Crippen LogP contribution in [0.1, 0.15) is 41.6 Å². The van der Waals surface area contributed by atoms with Crippen LogP contribution < -0.4 is 5.32 Å². The summed E-state index contributed by atoms with van der Waals surface area (Å²) in [6.45, 7) is 2.07. The first-order valence-corrected chi connectivity index (χ1v) is 9.15. The van der Waals surface area contributed by atoms with Crippen molar-refractivity contribution in [2.45, 2.75) is 50.7 Å². The van der Waals surface area contributed by atoms with Gasteiger partial charge in [0.15, 0.2) is 0 Å². The maximum Gasteiger partial charge on any atom is 0.255 e. The molecule has 4 rings (SSSR count). The number of hydrogen-bond acceptors (Lipinski definition) is 3. The molecular weight excluding hydrogens is 310 g/mol. The summed E-state index contributed by atoms with van der Waals surface area (Å²) in [5, 5.41) is 3.64. The predicted octanol–water partition coefficient (Wildman–Crippen LogP) is 3.41. The lowest BCUT2D eigenvalue weighted by Crippen LogP contribution is -2.48. The van der Waals surface area contributed by atoms with Crippen LogP contribution in [0.15, 0.2) is 42.7 Å². The van der Waals surface area contributed by atoms with Crippen molar-refractivity contribution in [2.24, 2.45) is 0 Å². The number of benzene rings is 1. The summed E-state index contributed by atoms with van der Waals surface area (Å²) in [6, 6.07) is 11.8. The average Bonchev–Trinajstić information content (AvgIpc) is 2.99. The molecule has 0 spiro atoms. The molecule has 2 bridgehead atoms. The number of carbonyl (C=O) groups is 1. The molecule has 2 atom stereocenters. The number of pyridine rings is 1. The molecule has 3 heterocycles. The number of aryl methyl sites for hydroxylation is 1. The molecule has 2 saturated heterocycles. The maximum atomic E-state index is 13.0. The Morgan fingerprint density at radius 3 is 2.44 bits per heavy atom. The molecule has 2 unspecified atom stereocenters. The monoisotopic (exact) mass is 335 g/mol. The standard InChI is InChI=1S/C21H25N3O/c1-14-3-5-15(6-4-14)16-9-17(13-22-12-16)21(25)24(2)20-10-18-7-8-19(11-20)23-18/h3-6,9,12-13,18-20,23H,7-8,10-11H2,1-2H3. The average molecular weight is 335 g/mol. The number of fused-ring (bicyclic) bond motifs is 2. The Morgan fingerprint density at radius 1 is 1.08 bits per heavy atom. The van der Waals surface area contributed by atoms with Crippen LogP contribution in [0.4, 0.5) is 0 Å². The number of piperidine rings is 1. The van der Waals surface area contributed by atoms with Gasteiger partial charge < -0.3 is 10.2 Å². The van der Waals surface area contributed by atoms with Gasteiger partial charge in [-0.05, 0) is 44.2 Å². The van der Waals surface area contributed by atoms with Gasteiger partial charge in [0.2, 0.25) is 0 Å². The van der Waals surface area contributed by atoms with E-state index in [-0.39, 0.29) is 5.91 Å². The summed E-state index contributed by atoms with van der Waals surface area (Å²) in [4.78, 5) is 19.2. The first-order chi connectivity index (χ1) is 12.1. The Hall–Kier alpha value is -2.20. The van der Waals surface area contributed by atoms with E-state index in [9.17, 15) is 4.79 Å². The van der Waals surface area contributed by atoms with Gasteiger partial charge >= 0.3 is 0 Å². The van der Waals surface area contributed by atoms with Crippen LogP contribution >= 0.6 is 0 Å². The molecule has 1 aromatic heterocycles. The van der Waals surface area contributed by atoms with Crippen LogP contribution in [0.3, 0.4) is 0 Å². The largest absolute Gasteiger partial charge is 0.339 e. The van der Waals surface area contributed by atoms with E-state index in [2.05, 4.69) is 41.5 Å². The molecule has 1 amide bonds. The number of nitrogens with zero attached hydrogens (tertiary/aromatic N) is 2. The van der Waals surface area contributed by atoms with Crippen LogP contribution in [-0.4, -0.2) is 41.0 Å². The first-order valence-electron chi connectivity index (χ1n) is 9.15. The second-order valence-electron chi connectivity index (χ2n) is 7.51. The molecule has 4 heteroatoms. The van der Waals surface area contributed by atoms with Crippen molar-refractivity contribution in [3.8, 4) is 11.1 Å². The summed E-state index contributed by atoms with van der Waals surface area (Å²) in [5.41, 5.74) is 3.98. The molecule has 1 N–H and O–H groups in total. The number of carbonyl (C=O) groups excluding carboxylic acids is 1. The fourth-order valence-electron chi connectivity index (χ4n) is 4.17. The number of aromatic nitrogens is 1. The van der Waals surface area contributed by atoms with Crippen LogP contribution in [0.25, 0.3) is 11.1 Å². The zero-order valence-electron chi connectivity index (χ0n) is 14.9. The molecule has 0 aliphatic carbocycles. The fraction of sp³-hybridized carbons (Fsp3) is 0.429. The summed E-state index contributed by atoms with van der Waals surface area (Å²) >= 11 is 0. The molecule has 4 nitrogen and oxygen atoms in total. The van der Waals surface area contributed by atoms with Crippen molar-refractivity contribution in [3.05, 3.63) is 53.9 Å². The molecular formula is C21H25N3O. The number of amides is 1. The number of rotatable bonds is 3. The quantitative estimate of drug-likeness (QED) is 0.935. The van der Waals surface area contributed by atoms with Crippen molar-refractivity contribution in [1.29, 1.82) is 0 Å². The van der Waals surface area contributed by atoms with E-state index in [1.807, 2.05) is 24.2 Å². The van der Waals surface area contributed by atoms with E-state index in [0.717, 1.165) is 24.0 Å². The molecule has 2 aliphatic rings. The van der Waals surface area contributed by atoms with E-state index in [1.165, 1.54) is 18.4 Å². The third-order valence-electron chi connectivity index (χ3n) is 5.69. The van der Waals surface area contributed by atoms with Gasteiger partial charge in [-0.3, -0.25) is 9.78 Å². The van der Waals surface area contributed by atoms with Crippen molar-refractivity contribution < 1.29 is 4.79 Å². The minimum atomic E-state index is 0.0766.